The number of fused-ring (bicyclic) bond motifs is 2. The van der Waals surface area contributed by atoms with Crippen molar-refractivity contribution in [3.8, 4) is 45.3 Å². The van der Waals surface area contributed by atoms with Crippen molar-refractivity contribution < 1.29 is 0 Å². The Morgan fingerprint density at radius 2 is 0.848 bits per heavy atom. The fourth-order valence-electron chi connectivity index (χ4n) is 6.60. The molecule has 1 aromatic heterocycles. The molecule has 2 heterocycles. The molecule has 0 N–H and O–H groups in total. The van der Waals surface area contributed by atoms with Crippen molar-refractivity contribution in [2.75, 3.05) is 4.90 Å². The van der Waals surface area contributed by atoms with Gasteiger partial charge in [0, 0.05) is 27.8 Å². The summed E-state index contributed by atoms with van der Waals surface area (Å²) in [7, 11) is 0. The van der Waals surface area contributed by atoms with Gasteiger partial charge < -0.3 is 4.90 Å². The number of benzene rings is 6. The Morgan fingerprint density at radius 3 is 1.37 bits per heavy atom. The van der Waals surface area contributed by atoms with Crippen LogP contribution in [0.5, 0.6) is 0 Å². The minimum absolute atomic E-state index is 0.127. The van der Waals surface area contributed by atoms with Crippen LogP contribution in [0.4, 0.5) is 17.1 Å². The highest BCUT2D eigenvalue weighted by Gasteiger charge is 2.36. The molecule has 0 radical (unpaired) electrons. The zero-order valence-corrected chi connectivity index (χ0v) is 25.8. The summed E-state index contributed by atoms with van der Waals surface area (Å²) in [5.74, 6) is 1.93. The summed E-state index contributed by atoms with van der Waals surface area (Å²) in [4.78, 5) is 17.5. The van der Waals surface area contributed by atoms with Crippen LogP contribution < -0.4 is 4.90 Å². The van der Waals surface area contributed by atoms with Crippen LogP contribution in [0, 0.1) is 0 Å². The molecule has 4 heteroatoms. The number of anilines is 3. The van der Waals surface area contributed by atoms with Crippen molar-refractivity contribution in [1.29, 1.82) is 0 Å². The summed E-state index contributed by atoms with van der Waals surface area (Å²) in [5.41, 5.74) is 10.9. The lowest BCUT2D eigenvalue weighted by molar-refractivity contribution is 0.632. The first kappa shape index (κ1) is 27.7. The summed E-state index contributed by atoms with van der Waals surface area (Å²) < 4.78 is 0. The van der Waals surface area contributed by atoms with E-state index in [1.807, 2.05) is 60.7 Å². The fourth-order valence-corrected chi connectivity index (χ4v) is 6.60. The number of hydrogen-bond acceptors (Lipinski definition) is 4. The second-order valence-corrected chi connectivity index (χ2v) is 12.1. The van der Waals surface area contributed by atoms with Crippen LogP contribution in [-0.2, 0) is 5.41 Å². The monoisotopic (exact) mass is 592 g/mol. The van der Waals surface area contributed by atoms with Crippen LogP contribution in [0.15, 0.2) is 158 Å². The number of rotatable bonds is 5. The maximum atomic E-state index is 5.08. The lowest BCUT2D eigenvalue weighted by Crippen LogP contribution is -2.30. The highest BCUT2D eigenvalue weighted by molar-refractivity contribution is 5.91. The SMILES string of the molecule is CC1(C)c2ccccc2N(c2ccc(-c3nc(-c4ccccc4)nc(-c4ccccc4)n3)c(-c3ccccc3)c2)c2ccccc21. The van der Waals surface area contributed by atoms with Gasteiger partial charge >= 0.3 is 0 Å². The van der Waals surface area contributed by atoms with Crippen molar-refractivity contribution in [2.24, 2.45) is 0 Å². The Bertz CT molecular complexity index is 2070. The van der Waals surface area contributed by atoms with Crippen LogP contribution in [0.1, 0.15) is 25.0 Å². The molecule has 7 aromatic rings. The summed E-state index contributed by atoms with van der Waals surface area (Å²) in [6.45, 7) is 4.63. The van der Waals surface area contributed by atoms with Gasteiger partial charge in [-0.1, -0.05) is 141 Å². The average molecular weight is 593 g/mol. The molecule has 1 aliphatic heterocycles. The standard InChI is InChI=1S/C42H32N4/c1-42(2)35-22-12-14-24-37(35)46(38-25-15-13-23-36(38)42)32-26-27-33(34(28-32)29-16-6-3-7-17-29)41-44-39(30-18-8-4-9-19-30)43-40(45-41)31-20-10-5-11-21-31/h3-28H,1-2H3. The van der Waals surface area contributed by atoms with E-state index in [9.17, 15) is 0 Å². The van der Waals surface area contributed by atoms with Gasteiger partial charge in [-0.3, -0.25) is 0 Å². The number of nitrogens with zero attached hydrogens (tertiary/aromatic N) is 4. The summed E-state index contributed by atoms with van der Waals surface area (Å²) in [5, 5.41) is 0. The van der Waals surface area contributed by atoms with Crippen LogP contribution in [0.2, 0.25) is 0 Å². The van der Waals surface area contributed by atoms with Crippen LogP contribution >= 0.6 is 0 Å². The van der Waals surface area contributed by atoms with Crippen LogP contribution in [-0.4, -0.2) is 15.0 Å². The number of aromatic nitrogens is 3. The normalized spacial score (nSPS) is 13.1. The van der Waals surface area contributed by atoms with E-state index in [4.69, 9.17) is 15.0 Å². The quantitative estimate of drug-likeness (QED) is 0.199. The van der Waals surface area contributed by atoms with Crippen LogP contribution in [0.3, 0.4) is 0 Å². The van der Waals surface area contributed by atoms with Crippen molar-refractivity contribution in [2.45, 2.75) is 19.3 Å². The smallest absolute Gasteiger partial charge is 0.164 e. The van der Waals surface area contributed by atoms with E-state index in [2.05, 4.69) is 116 Å². The average Bonchev–Trinajstić information content (AvgIpc) is 3.13. The van der Waals surface area contributed by atoms with Gasteiger partial charge in [0.15, 0.2) is 17.5 Å². The molecule has 4 nitrogen and oxygen atoms in total. The van der Waals surface area contributed by atoms with Gasteiger partial charge in [-0.05, 0) is 52.6 Å². The largest absolute Gasteiger partial charge is 0.310 e. The fraction of sp³-hybridized carbons (Fsp3) is 0.0714. The topological polar surface area (TPSA) is 41.9 Å². The van der Waals surface area contributed by atoms with Gasteiger partial charge in [0.2, 0.25) is 0 Å². The first-order chi connectivity index (χ1) is 22.6. The Kier molecular flexibility index (Phi) is 6.76. The van der Waals surface area contributed by atoms with E-state index in [1.54, 1.807) is 0 Å². The summed E-state index contributed by atoms with van der Waals surface area (Å²) >= 11 is 0. The lowest BCUT2D eigenvalue weighted by atomic mass is 9.73. The molecule has 0 atom stereocenters. The van der Waals surface area contributed by atoms with Crippen LogP contribution in [0.25, 0.3) is 45.3 Å². The van der Waals surface area contributed by atoms with Gasteiger partial charge in [-0.15, -0.1) is 0 Å². The third kappa shape index (κ3) is 4.76. The van der Waals surface area contributed by atoms with E-state index in [-0.39, 0.29) is 5.41 Å². The van der Waals surface area contributed by atoms with Crippen molar-refractivity contribution in [3.63, 3.8) is 0 Å². The molecule has 6 aromatic carbocycles. The molecule has 0 bridgehead atoms. The predicted octanol–water partition coefficient (Wildman–Crippen LogP) is 10.6. The Morgan fingerprint density at radius 1 is 0.413 bits per heavy atom. The van der Waals surface area contributed by atoms with Crippen molar-refractivity contribution in [1.82, 2.24) is 15.0 Å². The highest BCUT2D eigenvalue weighted by Crippen LogP contribution is 2.52. The van der Waals surface area contributed by atoms with E-state index in [1.165, 1.54) is 22.5 Å². The molecule has 0 unspecified atom stereocenters. The lowest BCUT2D eigenvalue weighted by Gasteiger charge is -2.42. The first-order valence-electron chi connectivity index (χ1n) is 15.6. The van der Waals surface area contributed by atoms with Crippen molar-refractivity contribution in [3.05, 3.63) is 169 Å². The third-order valence-corrected chi connectivity index (χ3v) is 8.92. The first-order valence-corrected chi connectivity index (χ1v) is 15.6. The van der Waals surface area contributed by atoms with Gasteiger partial charge in [-0.25, -0.2) is 15.0 Å². The predicted molar refractivity (Wildman–Crippen MR) is 188 cm³/mol. The molecule has 8 rings (SSSR count). The van der Waals surface area contributed by atoms with E-state index >= 15 is 0 Å². The molecule has 0 aliphatic carbocycles. The van der Waals surface area contributed by atoms with E-state index < -0.39 is 0 Å². The molecule has 0 fully saturated rings. The minimum Gasteiger partial charge on any atom is -0.310 e. The highest BCUT2D eigenvalue weighted by atomic mass is 15.2. The molecule has 220 valence electrons. The minimum atomic E-state index is -0.127. The Labute approximate surface area is 269 Å². The van der Waals surface area contributed by atoms with Gasteiger partial charge in [0.25, 0.3) is 0 Å². The number of para-hydroxylation sites is 2. The summed E-state index contributed by atoms with van der Waals surface area (Å²) in [6, 6.07) is 54.9. The van der Waals surface area contributed by atoms with E-state index in [0.717, 1.165) is 33.5 Å². The molecular weight excluding hydrogens is 560 g/mol. The molecular formula is C42H32N4. The molecule has 0 saturated heterocycles. The van der Waals surface area contributed by atoms with Gasteiger partial charge in [-0.2, -0.15) is 0 Å². The van der Waals surface area contributed by atoms with Crippen molar-refractivity contribution >= 4 is 17.1 Å². The molecule has 1 aliphatic rings. The van der Waals surface area contributed by atoms with E-state index in [0.29, 0.717) is 17.5 Å². The maximum absolute atomic E-state index is 5.08. The molecule has 0 amide bonds. The van der Waals surface area contributed by atoms with Gasteiger partial charge in [0.1, 0.15) is 0 Å². The second-order valence-electron chi connectivity index (χ2n) is 12.1. The molecule has 0 saturated carbocycles. The third-order valence-electron chi connectivity index (χ3n) is 8.92. The second kappa shape index (κ2) is 11.2. The Balaban J connectivity index is 1.36. The Hall–Kier alpha value is -5.87. The number of hydrogen-bond donors (Lipinski definition) is 0. The molecule has 0 spiro atoms. The molecule has 46 heavy (non-hydrogen) atoms. The van der Waals surface area contributed by atoms with Gasteiger partial charge in [0.05, 0.1) is 11.4 Å². The summed E-state index contributed by atoms with van der Waals surface area (Å²) in [6.07, 6.45) is 0. The zero-order valence-electron chi connectivity index (χ0n) is 25.8. The maximum Gasteiger partial charge on any atom is 0.164 e. The zero-order chi connectivity index (χ0) is 31.1.